The summed E-state index contributed by atoms with van der Waals surface area (Å²) in [7, 11) is 3.24. The van der Waals surface area contributed by atoms with Gasteiger partial charge in [-0.3, -0.25) is 4.57 Å². The fraction of sp³-hybridized carbons (Fsp3) is 0.600. The van der Waals surface area contributed by atoms with Crippen molar-refractivity contribution in [2.45, 2.75) is 45.4 Å². The Morgan fingerprint density at radius 3 is 2.60 bits per heavy atom. The van der Waals surface area contributed by atoms with E-state index >= 15 is 0 Å². The van der Waals surface area contributed by atoms with Crippen molar-refractivity contribution in [1.29, 1.82) is 0 Å². The van der Waals surface area contributed by atoms with Crippen LogP contribution in [0, 0.1) is 0 Å². The minimum atomic E-state index is -0.589. The van der Waals surface area contributed by atoms with Gasteiger partial charge in [0, 0.05) is 33.3 Å². The molecule has 164 valence electrons. The highest BCUT2D eigenvalue weighted by Crippen LogP contribution is 2.28. The van der Waals surface area contributed by atoms with Crippen molar-refractivity contribution in [3.05, 3.63) is 27.8 Å². The van der Waals surface area contributed by atoms with E-state index in [9.17, 15) is 9.59 Å². The summed E-state index contributed by atoms with van der Waals surface area (Å²) in [4.78, 5) is 37.6. The van der Waals surface area contributed by atoms with Crippen LogP contribution in [-0.4, -0.2) is 70.0 Å². The standard InChI is InChI=1S/C20H28ClN5O4/c1-12-9-26(13(11-29-6)10-25(12)19(28)30-20(2,3)4)17-16-14(7-8-15(21)22-16)24(5)18(27)23-17/h7-8,12-13H,9-11H2,1-6H3/t12-,13?/m1/s1. The number of aromatic nitrogens is 3. The second kappa shape index (κ2) is 8.39. The third kappa shape index (κ3) is 4.52. The number of aryl methyl sites for hydroxylation is 1. The lowest BCUT2D eigenvalue weighted by molar-refractivity contribution is 0.00896. The Morgan fingerprint density at radius 2 is 1.97 bits per heavy atom. The Kier molecular flexibility index (Phi) is 6.24. The molecule has 0 saturated carbocycles. The molecule has 1 aliphatic rings. The van der Waals surface area contributed by atoms with Gasteiger partial charge in [-0.15, -0.1) is 0 Å². The van der Waals surface area contributed by atoms with E-state index in [1.807, 2.05) is 32.6 Å². The summed E-state index contributed by atoms with van der Waals surface area (Å²) in [5, 5.41) is 0.313. The molecule has 3 rings (SSSR count). The molecular formula is C20H28ClN5O4. The first kappa shape index (κ1) is 22.3. The van der Waals surface area contributed by atoms with Crippen molar-refractivity contribution in [3.63, 3.8) is 0 Å². The predicted octanol–water partition coefficient (Wildman–Crippen LogP) is 2.44. The highest BCUT2D eigenvalue weighted by atomic mass is 35.5. The van der Waals surface area contributed by atoms with Crippen molar-refractivity contribution in [2.24, 2.45) is 7.05 Å². The number of halogens is 1. The molecule has 2 atom stereocenters. The summed E-state index contributed by atoms with van der Waals surface area (Å²) in [6, 6.07) is 2.99. The van der Waals surface area contributed by atoms with E-state index in [0.29, 0.717) is 41.7 Å². The van der Waals surface area contributed by atoms with E-state index in [0.717, 1.165) is 0 Å². The average Bonchev–Trinajstić information content (AvgIpc) is 2.64. The first-order valence-corrected chi connectivity index (χ1v) is 10.2. The monoisotopic (exact) mass is 437 g/mol. The van der Waals surface area contributed by atoms with Crippen LogP contribution in [0.2, 0.25) is 5.15 Å². The highest BCUT2D eigenvalue weighted by molar-refractivity contribution is 6.29. The molecule has 0 spiro atoms. The van der Waals surface area contributed by atoms with Crippen LogP contribution in [0.15, 0.2) is 16.9 Å². The fourth-order valence-electron chi connectivity index (χ4n) is 3.59. The third-order valence-corrected chi connectivity index (χ3v) is 5.21. The van der Waals surface area contributed by atoms with Crippen LogP contribution in [-0.2, 0) is 16.5 Å². The molecule has 10 heteroatoms. The van der Waals surface area contributed by atoms with Crippen molar-refractivity contribution in [2.75, 3.05) is 31.7 Å². The molecule has 30 heavy (non-hydrogen) atoms. The number of piperazine rings is 1. The number of hydrogen-bond donors (Lipinski definition) is 0. The second-order valence-corrected chi connectivity index (χ2v) is 8.91. The van der Waals surface area contributed by atoms with E-state index in [4.69, 9.17) is 21.1 Å². The molecular weight excluding hydrogens is 410 g/mol. The number of fused-ring (bicyclic) bond motifs is 1. The SMILES string of the molecule is COCC1CN(C(=O)OC(C)(C)C)[C@H](C)CN1c1nc(=O)n(C)c2ccc(Cl)nc12. The molecule has 9 nitrogen and oxygen atoms in total. The van der Waals surface area contributed by atoms with Gasteiger partial charge in [-0.1, -0.05) is 11.6 Å². The third-order valence-electron chi connectivity index (χ3n) is 5.00. The van der Waals surface area contributed by atoms with Gasteiger partial charge >= 0.3 is 11.8 Å². The number of carbonyl (C=O) groups excluding carboxylic acids is 1. The number of nitrogens with zero attached hydrogens (tertiary/aromatic N) is 5. The number of anilines is 1. The normalized spacial score (nSPS) is 20.0. The van der Waals surface area contributed by atoms with E-state index in [1.165, 1.54) is 4.57 Å². The van der Waals surface area contributed by atoms with E-state index in [-0.39, 0.29) is 23.9 Å². The maximum atomic E-state index is 12.7. The fourth-order valence-corrected chi connectivity index (χ4v) is 3.74. The summed E-state index contributed by atoms with van der Waals surface area (Å²) in [6.45, 7) is 8.59. The van der Waals surface area contributed by atoms with Crippen molar-refractivity contribution < 1.29 is 14.3 Å². The lowest BCUT2D eigenvalue weighted by Gasteiger charge is -2.45. The molecule has 0 aromatic carbocycles. The summed E-state index contributed by atoms with van der Waals surface area (Å²) < 4.78 is 12.4. The molecule has 2 aromatic heterocycles. The summed E-state index contributed by atoms with van der Waals surface area (Å²) >= 11 is 6.14. The zero-order chi connectivity index (χ0) is 22.2. The first-order valence-electron chi connectivity index (χ1n) is 9.80. The number of methoxy groups -OCH3 is 1. The Morgan fingerprint density at radius 1 is 1.27 bits per heavy atom. The second-order valence-electron chi connectivity index (χ2n) is 8.52. The number of rotatable bonds is 3. The predicted molar refractivity (Wildman–Crippen MR) is 115 cm³/mol. The summed E-state index contributed by atoms with van der Waals surface area (Å²) in [5.41, 5.74) is 0.186. The van der Waals surface area contributed by atoms with Crippen LogP contribution in [0.1, 0.15) is 27.7 Å². The molecule has 1 aliphatic heterocycles. The first-order chi connectivity index (χ1) is 14.0. The quantitative estimate of drug-likeness (QED) is 0.681. The van der Waals surface area contributed by atoms with Crippen molar-refractivity contribution in [1.82, 2.24) is 19.4 Å². The van der Waals surface area contributed by atoms with Crippen LogP contribution in [0.25, 0.3) is 11.0 Å². The number of hydrogen-bond acceptors (Lipinski definition) is 7. The molecule has 0 radical (unpaired) electrons. The van der Waals surface area contributed by atoms with Gasteiger partial charge in [-0.2, -0.15) is 4.98 Å². The van der Waals surface area contributed by atoms with Crippen LogP contribution in [0.5, 0.6) is 0 Å². The van der Waals surface area contributed by atoms with E-state index < -0.39 is 5.60 Å². The minimum absolute atomic E-state index is 0.173. The van der Waals surface area contributed by atoms with Crippen LogP contribution in [0.3, 0.4) is 0 Å². The maximum Gasteiger partial charge on any atom is 0.410 e. The van der Waals surface area contributed by atoms with Gasteiger partial charge in [0.2, 0.25) is 0 Å². The van der Waals surface area contributed by atoms with Gasteiger partial charge in [-0.25, -0.2) is 14.6 Å². The Hall–Kier alpha value is -2.39. The zero-order valence-corrected chi connectivity index (χ0v) is 18.9. The van der Waals surface area contributed by atoms with E-state index in [2.05, 4.69) is 9.97 Å². The van der Waals surface area contributed by atoms with Gasteiger partial charge in [0.15, 0.2) is 5.82 Å². The zero-order valence-electron chi connectivity index (χ0n) is 18.2. The van der Waals surface area contributed by atoms with Crippen LogP contribution < -0.4 is 10.6 Å². The topological polar surface area (TPSA) is 89.8 Å². The highest BCUT2D eigenvalue weighted by Gasteiger charge is 2.38. The van der Waals surface area contributed by atoms with Gasteiger partial charge < -0.3 is 19.3 Å². The Bertz CT molecular complexity index is 1000. The molecule has 1 saturated heterocycles. The van der Waals surface area contributed by atoms with Crippen LogP contribution in [0.4, 0.5) is 10.6 Å². The Labute approximate surface area is 180 Å². The van der Waals surface area contributed by atoms with Gasteiger partial charge in [-0.05, 0) is 39.8 Å². The largest absolute Gasteiger partial charge is 0.444 e. The molecule has 0 N–H and O–H groups in total. The minimum Gasteiger partial charge on any atom is -0.444 e. The van der Waals surface area contributed by atoms with Crippen molar-refractivity contribution in [3.8, 4) is 0 Å². The lowest BCUT2D eigenvalue weighted by Crippen LogP contribution is -2.61. The Balaban J connectivity index is 2.02. The van der Waals surface area contributed by atoms with Gasteiger partial charge in [0.05, 0.1) is 18.2 Å². The van der Waals surface area contributed by atoms with Gasteiger partial charge in [0.1, 0.15) is 16.3 Å². The number of carbonyl (C=O) groups is 1. The molecule has 0 aliphatic carbocycles. The molecule has 0 bridgehead atoms. The molecule has 1 unspecified atom stereocenters. The number of pyridine rings is 1. The molecule has 1 amide bonds. The van der Waals surface area contributed by atoms with Crippen molar-refractivity contribution >= 4 is 34.5 Å². The molecule has 2 aromatic rings. The molecule has 1 fully saturated rings. The van der Waals surface area contributed by atoms with Crippen LogP contribution >= 0.6 is 11.6 Å². The maximum absolute atomic E-state index is 12.7. The summed E-state index contributed by atoms with van der Waals surface area (Å²) in [6.07, 6.45) is -0.376. The number of amides is 1. The summed E-state index contributed by atoms with van der Waals surface area (Å²) in [5.74, 6) is 0.438. The number of ether oxygens (including phenoxy) is 2. The smallest absolute Gasteiger partial charge is 0.410 e. The average molecular weight is 438 g/mol. The molecule has 3 heterocycles. The van der Waals surface area contributed by atoms with E-state index in [1.54, 1.807) is 31.2 Å². The lowest BCUT2D eigenvalue weighted by atomic mass is 10.1. The van der Waals surface area contributed by atoms with Gasteiger partial charge in [0.25, 0.3) is 0 Å².